The Morgan fingerprint density at radius 2 is 1.91 bits per heavy atom. The van der Waals surface area contributed by atoms with Crippen LogP contribution in [0.15, 0.2) is 77.7 Å². The predicted molar refractivity (Wildman–Crippen MR) is 139 cm³/mol. The summed E-state index contributed by atoms with van der Waals surface area (Å²) in [6.45, 7) is 1.72. The maximum absolute atomic E-state index is 12.9. The number of hydrogen-bond acceptors (Lipinski definition) is 5. The molecule has 1 aliphatic heterocycles. The number of benzene rings is 3. The Kier molecular flexibility index (Phi) is 7.13. The highest BCUT2D eigenvalue weighted by Crippen LogP contribution is 2.36. The molecule has 1 N–H and O–H groups in total. The van der Waals surface area contributed by atoms with Crippen LogP contribution in [-0.2, 0) is 9.59 Å². The number of aryl methyl sites for hydroxylation is 1. The summed E-state index contributed by atoms with van der Waals surface area (Å²) in [6.07, 6.45) is 1.77. The van der Waals surface area contributed by atoms with Gasteiger partial charge in [-0.25, -0.2) is 0 Å². The number of anilines is 2. The van der Waals surface area contributed by atoms with E-state index in [1.54, 1.807) is 36.4 Å². The van der Waals surface area contributed by atoms with Gasteiger partial charge < -0.3 is 10.1 Å². The van der Waals surface area contributed by atoms with E-state index in [-0.39, 0.29) is 18.4 Å². The van der Waals surface area contributed by atoms with E-state index < -0.39 is 0 Å². The third-order valence-electron chi connectivity index (χ3n) is 4.81. The molecule has 0 atom stereocenters. The molecule has 0 unspecified atom stereocenters. The van der Waals surface area contributed by atoms with Crippen LogP contribution >= 0.6 is 35.6 Å². The minimum Gasteiger partial charge on any atom is -0.484 e. The Morgan fingerprint density at radius 1 is 1.12 bits per heavy atom. The van der Waals surface area contributed by atoms with Crippen LogP contribution in [0.1, 0.15) is 11.1 Å². The number of rotatable bonds is 6. The summed E-state index contributed by atoms with van der Waals surface area (Å²) in [5, 5.41) is 3.34. The van der Waals surface area contributed by atoms with Crippen LogP contribution in [0, 0.1) is 6.92 Å². The van der Waals surface area contributed by atoms with E-state index in [4.69, 9.17) is 28.6 Å². The zero-order chi connectivity index (χ0) is 23.4. The summed E-state index contributed by atoms with van der Waals surface area (Å²) in [5.74, 6) is 0.0496. The van der Waals surface area contributed by atoms with E-state index in [2.05, 4.69) is 5.32 Å². The third kappa shape index (κ3) is 5.63. The van der Waals surface area contributed by atoms with Crippen LogP contribution in [0.4, 0.5) is 11.4 Å². The van der Waals surface area contributed by atoms with Crippen LogP contribution in [0.3, 0.4) is 0 Å². The van der Waals surface area contributed by atoms with Crippen molar-refractivity contribution in [2.24, 2.45) is 0 Å². The minimum absolute atomic E-state index is 0.161. The molecule has 0 aliphatic carbocycles. The second-order valence-electron chi connectivity index (χ2n) is 7.22. The zero-order valence-corrected chi connectivity index (χ0v) is 20.0. The first-order chi connectivity index (χ1) is 15.9. The van der Waals surface area contributed by atoms with Crippen molar-refractivity contribution in [3.63, 3.8) is 0 Å². The molecule has 1 aliphatic rings. The minimum atomic E-state index is -0.297. The Bertz CT molecular complexity index is 1260. The largest absolute Gasteiger partial charge is 0.484 e. The fourth-order valence-electron chi connectivity index (χ4n) is 3.18. The molecule has 3 aromatic carbocycles. The van der Waals surface area contributed by atoms with Crippen molar-refractivity contribution >= 4 is 69.2 Å². The Labute approximate surface area is 206 Å². The smallest absolute Gasteiger partial charge is 0.270 e. The number of ether oxygens (including phenoxy) is 1. The van der Waals surface area contributed by atoms with Crippen LogP contribution < -0.4 is 15.0 Å². The summed E-state index contributed by atoms with van der Waals surface area (Å²) in [6, 6.07) is 21.8. The number of amides is 2. The molecular weight excluding hydrogens is 476 g/mol. The number of thioether (sulfide) groups is 1. The number of thiocarbonyl (C=S) groups is 1. The number of carbonyl (C=O) groups excluding carboxylic acids is 2. The molecule has 2 amide bonds. The van der Waals surface area contributed by atoms with Gasteiger partial charge in [0.1, 0.15) is 5.75 Å². The molecular formula is C25H19ClN2O3S2. The van der Waals surface area contributed by atoms with Crippen molar-refractivity contribution in [1.29, 1.82) is 0 Å². The average Bonchev–Trinajstić information content (AvgIpc) is 3.08. The molecule has 3 aromatic rings. The molecule has 0 bridgehead atoms. The Hall–Kier alpha value is -3.13. The third-order valence-corrected chi connectivity index (χ3v) is 6.34. The van der Waals surface area contributed by atoms with E-state index in [1.165, 1.54) is 16.7 Å². The van der Waals surface area contributed by atoms with Crippen molar-refractivity contribution in [2.75, 3.05) is 16.8 Å². The number of halogens is 1. The molecule has 0 aromatic heterocycles. The van der Waals surface area contributed by atoms with Crippen molar-refractivity contribution < 1.29 is 14.3 Å². The van der Waals surface area contributed by atoms with Crippen LogP contribution in [0.2, 0.25) is 5.02 Å². The summed E-state index contributed by atoms with van der Waals surface area (Å²) in [7, 11) is 0. The number of hydrogen-bond donors (Lipinski definition) is 1. The van der Waals surface area contributed by atoms with Crippen molar-refractivity contribution in [3.8, 4) is 5.75 Å². The van der Waals surface area contributed by atoms with Crippen LogP contribution in [0.25, 0.3) is 6.08 Å². The van der Waals surface area contributed by atoms with Crippen molar-refractivity contribution in [2.45, 2.75) is 6.92 Å². The van der Waals surface area contributed by atoms with Gasteiger partial charge >= 0.3 is 0 Å². The predicted octanol–water partition coefficient (Wildman–Crippen LogP) is 6.07. The van der Waals surface area contributed by atoms with Gasteiger partial charge in [-0.1, -0.05) is 72.0 Å². The van der Waals surface area contributed by atoms with Gasteiger partial charge in [0, 0.05) is 10.7 Å². The van der Waals surface area contributed by atoms with Gasteiger partial charge in [-0.3, -0.25) is 14.5 Å². The summed E-state index contributed by atoms with van der Waals surface area (Å²) in [4.78, 5) is 27.3. The highest BCUT2D eigenvalue weighted by atomic mass is 35.5. The quantitative estimate of drug-likeness (QED) is 0.333. The first-order valence-electron chi connectivity index (χ1n) is 10.0. The molecule has 1 saturated heterocycles. The van der Waals surface area contributed by atoms with E-state index in [0.29, 0.717) is 25.7 Å². The van der Waals surface area contributed by atoms with E-state index in [1.807, 2.05) is 49.4 Å². The lowest BCUT2D eigenvalue weighted by atomic mass is 10.2. The highest BCUT2D eigenvalue weighted by molar-refractivity contribution is 8.27. The number of nitrogens with one attached hydrogen (secondary N) is 1. The number of carbonyl (C=O) groups is 2. The summed E-state index contributed by atoms with van der Waals surface area (Å²) in [5.41, 5.74) is 3.06. The Balaban J connectivity index is 1.42. The molecule has 33 heavy (non-hydrogen) atoms. The topological polar surface area (TPSA) is 58.6 Å². The lowest BCUT2D eigenvalue weighted by Crippen LogP contribution is -2.27. The van der Waals surface area contributed by atoms with Gasteiger partial charge in [-0.2, -0.15) is 0 Å². The van der Waals surface area contributed by atoms with Crippen molar-refractivity contribution in [3.05, 3.63) is 93.9 Å². The van der Waals surface area contributed by atoms with Crippen LogP contribution in [-0.4, -0.2) is 22.7 Å². The fourth-order valence-corrected chi connectivity index (χ4v) is 4.65. The molecule has 4 rings (SSSR count). The van der Waals surface area contributed by atoms with E-state index >= 15 is 0 Å². The molecule has 8 heteroatoms. The summed E-state index contributed by atoms with van der Waals surface area (Å²) >= 11 is 12.7. The normalized spacial score (nSPS) is 14.6. The first kappa shape index (κ1) is 23.0. The van der Waals surface area contributed by atoms with Gasteiger partial charge in [0.2, 0.25) is 0 Å². The second-order valence-corrected chi connectivity index (χ2v) is 9.33. The van der Waals surface area contributed by atoms with Gasteiger partial charge in [-0.15, -0.1) is 0 Å². The highest BCUT2D eigenvalue weighted by Gasteiger charge is 2.33. The molecule has 1 heterocycles. The summed E-state index contributed by atoms with van der Waals surface area (Å²) < 4.78 is 6.14. The average molecular weight is 495 g/mol. The van der Waals surface area contributed by atoms with E-state index in [9.17, 15) is 9.59 Å². The van der Waals surface area contributed by atoms with Crippen molar-refractivity contribution in [1.82, 2.24) is 0 Å². The lowest BCUT2D eigenvalue weighted by molar-refractivity contribution is -0.118. The van der Waals surface area contributed by atoms with Gasteiger partial charge in [0.25, 0.3) is 11.8 Å². The lowest BCUT2D eigenvalue weighted by Gasteiger charge is -2.13. The second kappa shape index (κ2) is 10.2. The monoisotopic (exact) mass is 494 g/mol. The molecule has 0 radical (unpaired) electrons. The molecule has 5 nitrogen and oxygen atoms in total. The first-order valence-corrected chi connectivity index (χ1v) is 11.6. The maximum Gasteiger partial charge on any atom is 0.270 e. The molecule has 166 valence electrons. The van der Waals surface area contributed by atoms with Gasteiger partial charge in [0.05, 0.1) is 10.6 Å². The maximum atomic E-state index is 12.9. The molecule has 0 spiro atoms. The van der Waals surface area contributed by atoms with Crippen LogP contribution in [0.5, 0.6) is 5.75 Å². The van der Waals surface area contributed by atoms with Gasteiger partial charge in [-0.05, 0) is 60.5 Å². The SMILES string of the molecule is Cc1ccc(Cl)cc1NC(=O)COc1cccc(/C=C2\SC(=S)N(c3ccccc3)C2=O)c1. The molecule has 1 fully saturated rings. The molecule has 0 saturated carbocycles. The number of nitrogens with zero attached hydrogens (tertiary/aromatic N) is 1. The fraction of sp³-hybridized carbons (Fsp3) is 0.0800. The van der Waals surface area contributed by atoms with E-state index in [0.717, 1.165) is 16.8 Å². The standard InChI is InChI=1S/C25H19ClN2O3S2/c1-16-10-11-18(26)14-21(16)27-23(29)15-31-20-9-5-6-17(12-20)13-22-24(30)28(25(32)33-22)19-7-3-2-4-8-19/h2-14H,15H2,1H3,(H,27,29)/b22-13-. The zero-order valence-electron chi connectivity index (χ0n) is 17.6. The Morgan fingerprint density at radius 3 is 2.70 bits per heavy atom. The number of para-hydroxylation sites is 1. The van der Waals surface area contributed by atoms with Gasteiger partial charge in [0.15, 0.2) is 10.9 Å².